The third kappa shape index (κ3) is 0.442. The average molecular weight is 316 g/mol. The molecule has 0 saturated carbocycles. The van der Waals surface area contributed by atoms with Gasteiger partial charge in [0.1, 0.15) is 0 Å². The normalized spacial score (nSPS) is 82.9. The summed E-state index contributed by atoms with van der Waals surface area (Å²) >= 11 is -1.04. The molecule has 2 bridgehead atoms. The van der Waals surface area contributed by atoms with E-state index >= 15 is 0 Å². The maximum atomic E-state index is 2.50. The fraction of sp³-hybridized carbons (Fsp3) is 1.00. The molecule has 0 aromatic heterocycles. The second-order valence-electron chi connectivity index (χ2n) is 2.29. The standard InChI is InChI=1S/C2H9IP4S/c1-2-3-4-8(5-3,6-3)7-3/h4-7H,2H2,1H3. The maximum absolute atomic E-state index is 2.50. The van der Waals surface area contributed by atoms with Gasteiger partial charge in [-0.1, -0.05) is 0 Å². The van der Waals surface area contributed by atoms with E-state index in [-0.39, 0.29) is 0 Å². The van der Waals surface area contributed by atoms with Crippen molar-refractivity contribution in [1.82, 2.24) is 0 Å². The van der Waals surface area contributed by atoms with Crippen molar-refractivity contribution < 1.29 is 0 Å². The zero-order valence-electron chi connectivity index (χ0n) is 4.49. The quantitative estimate of drug-likeness (QED) is 0.380. The number of hydrogen-bond donors (Lipinski definition) is 0. The van der Waals surface area contributed by atoms with Crippen LogP contribution in [0.2, 0.25) is 0 Å². The van der Waals surface area contributed by atoms with Gasteiger partial charge in [-0.3, -0.25) is 0 Å². The Hall–Kier alpha value is 2.80. The van der Waals surface area contributed by atoms with Crippen molar-refractivity contribution in [3.63, 3.8) is 0 Å². The predicted molar refractivity (Wildman–Crippen MR) is 65.4 cm³/mol. The molecule has 0 N–H and O–H groups in total. The molecule has 6 aliphatic heterocycles. The first-order valence-electron chi connectivity index (χ1n) is 2.55. The summed E-state index contributed by atoms with van der Waals surface area (Å²) in [7, 11) is 0.419. The summed E-state index contributed by atoms with van der Waals surface area (Å²) in [5.74, 6) is 0. The van der Waals surface area contributed by atoms with Crippen molar-refractivity contribution in [2.75, 3.05) is 4.43 Å². The van der Waals surface area contributed by atoms with Crippen LogP contribution in [-0.2, 0) is 0 Å². The van der Waals surface area contributed by atoms with E-state index in [2.05, 4.69) is 6.92 Å². The molecule has 50 valence electrons. The summed E-state index contributed by atoms with van der Waals surface area (Å²) in [5, 5.41) is 0. The zero-order chi connectivity index (χ0) is 5.48. The van der Waals surface area contributed by atoms with E-state index in [1.807, 2.05) is 0 Å². The molecule has 0 spiro atoms. The van der Waals surface area contributed by atoms with Gasteiger partial charge in [-0.05, 0) is 0 Å². The summed E-state index contributed by atoms with van der Waals surface area (Å²) < 4.78 is 1.73. The van der Waals surface area contributed by atoms with Crippen LogP contribution in [0.5, 0.6) is 0 Å². The molecule has 6 saturated heterocycles. The topological polar surface area (TPSA) is 0 Å². The summed E-state index contributed by atoms with van der Waals surface area (Å²) in [6.07, 6.45) is 0. The molecular formula is C2H9IP4S. The van der Waals surface area contributed by atoms with Crippen molar-refractivity contribution in [2.45, 2.75) is 6.92 Å². The fourth-order valence-corrected chi connectivity index (χ4v) is 366. The summed E-state index contributed by atoms with van der Waals surface area (Å²) in [4.78, 5) is 0. The molecule has 6 aliphatic rings. The molecule has 6 rings (SSSR count). The third-order valence-electron chi connectivity index (χ3n) is 1.68. The Morgan fingerprint density at radius 3 is 1.75 bits per heavy atom. The molecule has 4 unspecified atom stereocenters. The molecule has 8 heavy (non-hydrogen) atoms. The van der Waals surface area contributed by atoms with E-state index in [9.17, 15) is 0 Å². The minimum atomic E-state index is -1.04. The Bertz CT molecular complexity index is 142. The van der Waals surface area contributed by atoms with Crippen LogP contribution in [0.15, 0.2) is 0 Å². The first-order valence-corrected chi connectivity index (χ1v) is 25.1. The molecule has 0 amide bonds. The molecule has 6 heteroatoms. The zero-order valence-corrected chi connectivity index (χ0v) is 11.5. The van der Waals surface area contributed by atoms with Crippen LogP contribution in [0, 0.1) is 0 Å². The van der Waals surface area contributed by atoms with E-state index in [1.54, 1.807) is 26.1 Å². The molecule has 0 aromatic carbocycles. The van der Waals surface area contributed by atoms with Crippen LogP contribution in [0.4, 0.5) is 0 Å². The molecule has 0 nitrogen and oxygen atoms in total. The van der Waals surface area contributed by atoms with Gasteiger partial charge in [0.15, 0.2) is 0 Å². The molecule has 6 heterocycles. The van der Waals surface area contributed by atoms with E-state index in [0.29, 0.717) is 8.51 Å². The SMILES string of the molecule is CCI123PS(P1)(P2)P3. The Balaban J connectivity index is 2.08. The van der Waals surface area contributed by atoms with Crippen LogP contribution in [0.3, 0.4) is 0 Å². The van der Waals surface area contributed by atoms with Crippen molar-refractivity contribution in [3.05, 3.63) is 0 Å². The van der Waals surface area contributed by atoms with Crippen molar-refractivity contribution in [3.8, 4) is 0 Å². The van der Waals surface area contributed by atoms with Gasteiger partial charge in [-0.25, -0.2) is 0 Å². The van der Waals surface area contributed by atoms with Crippen LogP contribution < -0.4 is 0 Å². The van der Waals surface area contributed by atoms with Gasteiger partial charge in [-0.15, -0.1) is 0 Å². The molecule has 0 aliphatic carbocycles. The summed E-state index contributed by atoms with van der Waals surface area (Å²) in [5.41, 5.74) is 6.79. The van der Waals surface area contributed by atoms with Crippen LogP contribution in [-0.4, -0.2) is 4.43 Å². The Kier molecular flexibility index (Phi) is 1.06. The second kappa shape index (κ2) is 1.34. The number of hydrogen-bond acceptors (Lipinski definition) is 0. The van der Waals surface area contributed by atoms with Gasteiger partial charge in [0.25, 0.3) is 0 Å². The number of alkyl halides is 1. The van der Waals surface area contributed by atoms with Crippen LogP contribution in [0.25, 0.3) is 0 Å². The number of rotatable bonds is 1. The second-order valence-corrected chi connectivity index (χ2v) is 81.9. The molecular weight excluding hydrogens is 307 g/mol. The van der Waals surface area contributed by atoms with Crippen LogP contribution >= 0.6 is 45.1 Å². The fourth-order valence-electron chi connectivity index (χ4n) is 1.24. The van der Waals surface area contributed by atoms with Gasteiger partial charge in [0.2, 0.25) is 0 Å². The molecule has 0 radical (unpaired) electrons. The Morgan fingerprint density at radius 1 is 1.25 bits per heavy atom. The van der Waals surface area contributed by atoms with Gasteiger partial charge < -0.3 is 0 Å². The predicted octanol–water partition coefficient (Wildman–Crippen LogP) is 4.46. The van der Waals surface area contributed by atoms with Gasteiger partial charge in [0.05, 0.1) is 0 Å². The van der Waals surface area contributed by atoms with Gasteiger partial charge in [-0.2, -0.15) is 0 Å². The molecule has 0 aromatic rings. The third-order valence-corrected chi connectivity index (χ3v) is 192. The van der Waals surface area contributed by atoms with Crippen LogP contribution in [0.1, 0.15) is 6.92 Å². The van der Waals surface area contributed by atoms with Crippen molar-refractivity contribution in [2.24, 2.45) is 0 Å². The summed E-state index contributed by atoms with van der Waals surface area (Å²) in [6.45, 7) is 2.50. The Morgan fingerprint density at radius 2 is 1.75 bits per heavy atom. The summed E-state index contributed by atoms with van der Waals surface area (Å²) in [6, 6.07) is 0. The van der Waals surface area contributed by atoms with Gasteiger partial charge in [0, 0.05) is 0 Å². The van der Waals surface area contributed by atoms with E-state index < -0.39 is 14.8 Å². The average Bonchev–Trinajstić information content (AvgIpc) is 1.21. The number of halogens is 1. The monoisotopic (exact) mass is 316 g/mol. The molecule has 4 atom stereocenters. The van der Waals surface area contributed by atoms with E-state index in [4.69, 9.17) is 0 Å². The van der Waals surface area contributed by atoms with Crippen molar-refractivity contribution in [1.29, 1.82) is 0 Å². The Labute approximate surface area is 55.9 Å². The van der Waals surface area contributed by atoms with E-state index in [1.165, 1.54) is 0 Å². The minimum absolute atomic E-state index is 0.419. The first kappa shape index (κ1) is 6.33. The van der Waals surface area contributed by atoms with Crippen molar-refractivity contribution >= 4 is 45.1 Å². The van der Waals surface area contributed by atoms with Gasteiger partial charge >= 0.3 is 56.4 Å². The molecule has 6 fully saturated rings. The first-order chi connectivity index (χ1) is 3.70. The van der Waals surface area contributed by atoms with E-state index in [0.717, 1.165) is 0 Å².